The number of benzene rings is 1. The van der Waals surface area contributed by atoms with E-state index >= 15 is 0 Å². The zero-order valence-electron chi connectivity index (χ0n) is 10.4. The van der Waals surface area contributed by atoms with Crippen molar-refractivity contribution in [2.45, 2.75) is 32.1 Å². The number of hydrogen-bond acceptors (Lipinski definition) is 2. The number of hydrogen-bond donors (Lipinski definition) is 0. The number of ketones is 1. The molecule has 0 N–H and O–H groups in total. The van der Waals surface area contributed by atoms with Crippen molar-refractivity contribution in [2.75, 3.05) is 19.6 Å². The molecule has 1 heterocycles. The monoisotopic (exact) mass is 231 g/mol. The van der Waals surface area contributed by atoms with Gasteiger partial charge < -0.3 is 4.90 Å². The summed E-state index contributed by atoms with van der Waals surface area (Å²) in [6.45, 7) is 3.68. The molecule has 1 aromatic rings. The van der Waals surface area contributed by atoms with Gasteiger partial charge in [0.05, 0.1) is 0 Å². The molecular formula is C15H21NO. The third-order valence-corrected chi connectivity index (χ3v) is 3.42. The van der Waals surface area contributed by atoms with Gasteiger partial charge in [-0.15, -0.1) is 0 Å². The van der Waals surface area contributed by atoms with Crippen molar-refractivity contribution in [3.63, 3.8) is 0 Å². The van der Waals surface area contributed by atoms with Crippen molar-refractivity contribution in [3.05, 3.63) is 35.9 Å². The standard InChI is InChI=1S/C15H21NO/c17-15(14-8-2-1-3-9-14)10-4-5-11-16-12-6-7-13-16/h1-3,8-9H,4-7,10-13H2. The molecule has 0 aliphatic carbocycles. The summed E-state index contributed by atoms with van der Waals surface area (Å²) in [6, 6.07) is 9.62. The number of carbonyl (C=O) groups excluding carboxylic acids is 1. The van der Waals surface area contributed by atoms with Gasteiger partial charge in [-0.3, -0.25) is 4.79 Å². The number of rotatable bonds is 6. The Hall–Kier alpha value is -1.15. The topological polar surface area (TPSA) is 20.3 Å². The maximum absolute atomic E-state index is 11.8. The van der Waals surface area contributed by atoms with Crippen molar-refractivity contribution in [1.82, 2.24) is 4.90 Å². The van der Waals surface area contributed by atoms with E-state index in [0.29, 0.717) is 6.42 Å². The molecule has 0 spiro atoms. The molecule has 0 aromatic heterocycles. The zero-order valence-corrected chi connectivity index (χ0v) is 10.4. The van der Waals surface area contributed by atoms with E-state index in [9.17, 15) is 4.79 Å². The molecule has 0 saturated carbocycles. The van der Waals surface area contributed by atoms with Gasteiger partial charge in [0.25, 0.3) is 0 Å². The first-order valence-corrected chi connectivity index (χ1v) is 6.67. The van der Waals surface area contributed by atoms with E-state index in [4.69, 9.17) is 0 Å². The van der Waals surface area contributed by atoms with Crippen molar-refractivity contribution < 1.29 is 4.79 Å². The van der Waals surface area contributed by atoms with Crippen LogP contribution in [0.3, 0.4) is 0 Å². The van der Waals surface area contributed by atoms with E-state index in [1.807, 2.05) is 30.3 Å². The number of carbonyl (C=O) groups is 1. The van der Waals surface area contributed by atoms with Gasteiger partial charge in [0, 0.05) is 12.0 Å². The quantitative estimate of drug-likeness (QED) is 0.554. The summed E-state index contributed by atoms with van der Waals surface area (Å²) in [6.07, 6.45) is 5.56. The van der Waals surface area contributed by atoms with E-state index < -0.39 is 0 Å². The zero-order chi connectivity index (χ0) is 11.9. The largest absolute Gasteiger partial charge is 0.303 e. The Morgan fingerprint density at radius 3 is 2.47 bits per heavy atom. The molecular weight excluding hydrogens is 210 g/mol. The third kappa shape index (κ3) is 3.97. The van der Waals surface area contributed by atoms with E-state index in [-0.39, 0.29) is 5.78 Å². The molecule has 0 atom stereocenters. The molecule has 17 heavy (non-hydrogen) atoms. The summed E-state index contributed by atoms with van der Waals surface area (Å²) in [7, 11) is 0. The average molecular weight is 231 g/mol. The molecule has 1 saturated heterocycles. The minimum atomic E-state index is 0.284. The fraction of sp³-hybridized carbons (Fsp3) is 0.533. The highest BCUT2D eigenvalue weighted by molar-refractivity contribution is 5.95. The lowest BCUT2D eigenvalue weighted by Gasteiger charge is -2.13. The second-order valence-electron chi connectivity index (χ2n) is 4.80. The lowest BCUT2D eigenvalue weighted by atomic mass is 10.1. The van der Waals surface area contributed by atoms with Gasteiger partial charge in [-0.2, -0.15) is 0 Å². The Morgan fingerprint density at radius 2 is 1.76 bits per heavy atom. The van der Waals surface area contributed by atoms with Crippen LogP contribution < -0.4 is 0 Å². The number of likely N-dealkylation sites (tertiary alicyclic amines) is 1. The molecule has 0 amide bonds. The normalized spacial score (nSPS) is 16.2. The smallest absolute Gasteiger partial charge is 0.162 e. The van der Waals surface area contributed by atoms with Crippen LogP contribution in [0.5, 0.6) is 0 Å². The maximum Gasteiger partial charge on any atom is 0.162 e. The number of unbranched alkanes of at least 4 members (excludes halogenated alkanes) is 1. The molecule has 0 radical (unpaired) electrons. The highest BCUT2D eigenvalue weighted by Crippen LogP contribution is 2.10. The van der Waals surface area contributed by atoms with E-state index in [1.165, 1.54) is 32.5 Å². The summed E-state index contributed by atoms with van der Waals surface area (Å²) in [5, 5.41) is 0. The average Bonchev–Trinajstić information content (AvgIpc) is 2.88. The Balaban J connectivity index is 1.63. The van der Waals surface area contributed by atoms with Crippen LogP contribution in [0.2, 0.25) is 0 Å². The van der Waals surface area contributed by atoms with Gasteiger partial charge in [-0.1, -0.05) is 30.3 Å². The van der Waals surface area contributed by atoms with Crippen LogP contribution in [0.25, 0.3) is 0 Å². The fourth-order valence-electron chi connectivity index (χ4n) is 2.40. The Kier molecular flexibility index (Phi) is 4.75. The summed E-state index contributed by atoms with van der Waals surface area (Å²) in [5.74, 6) is 0.284. The molecule has 1 aromatic carbocycles. The van der Waals surface area contributed by atoms with E-state index in [1.54, 1.807) is 0 Å². The predicted octanol–water partition coefficient (Wildman–Crippen LogP) is 3.14. The molecule has 1 fully saturated rings. The van der Waals surface area contributed by atoms with Crippen LogP contribution in [-0.4, -0.2) is 30.3 Å². The first kappa shape index (κ1) is 12.3. The van der Waals surface area contributed by atoms with Gasteiger partial charge >= 0.3 is 0 Å². The third-order valence-electron chi connectivity index (χ3n) is 3.42. The Morgan fingerprint density at radius 1 is 1.06 bits per heavy atom. The summed E-state index contributed by atoms with van der Waals surface area (Å²) in [4.78, 5) is 14.3. The van der Waals surface area contributed by atoms with Crippen molar-refractivity contribution >= 4 is 5.78 Å². The molecule has 1 aliphatic rings. The van der Waals surface area contributed by atoms with E-state index in [0.717, 1.165) is 18.4 Å². The number of nitrogens with zero attached hydrogens (tertiary/aromatic N) is 1. The van der Waals surface area contributed by atoms with Gasteiger partial charge in [-0.25, -0.2) is 0 Å². The molecule has 0 unspecified atom stereocenters. The summed E-state index contributed by atoms with van der Waals surface area (Å²) < 4.78 is 0. The SMILES string of the molecule is O=C(CCCCN1CCCC1)c1ccccc1. The van der Waals surface area contributed by atoms with Gasteiger partial charge in [-0.05, 0) is 45.3 Å². The predicted molar refractivity (Wildman–Crippen MR) is 70.3 cm³/mol. The van der Waals surface area contributed by atoms with Gasteiger partial charge in [0.1, 0.15) is 0 Å². The minimum absolute atomic E-state index is 0.284. The van der Waals surface area contributed by atoms with Crippen LogP contribution in [0.1, 0.15) is 42.5 Å². The van der Waals surface area contributed by atoms with Crippen LogP contribution in [0.4, 0.5) is 0 Å². The van der Waals surface area contributed by atoms with Gasteiger partial charge in [0.2, 0.25) is 0 Å². The molecule has 2 heteroatoms. The second-order valence-corrected chi connectivity index (χ2v) is 4.80. The van der Waals surface area contributed by atoms with Gasteiger partial charge in [0.15, 0.2) is 5.78 Å². The molecule has 92 valence electrons. The lowest BCUT2D eigenvalue weighted by Crippen LogP contribution is -2.20. The summed E-state index contributed by atoms with van der Waals surface area (Å²) in [5.41, 5.74) is 0.855. The van der Waals surface area contributed by atoms with Crippen LogP contribution in [-0.2, 0) is 0 Å². The number of Topliss-reactive ketones (excluding diaryl/α,β-unsaturated/α-hetero) is 1. The highest BCUT2D eigenvalue weighted by atomic mass is 16.1. The van der Waals surface area contributed by atoms with Crippen molar-refractivity contribution in [2.24, 2.45) is 0 Å². The maximum atomic E-state index is 11.8. The van der Waals surface area contributed by atoms with Crippen LogP contribution >= 0.6 is 0 Å². The first-order valence-electron chi connectivity index (χ1n) is 6.67. The summed E-state index contributed by atoms with van der Waals surface area (Å²) >= 11 is 0. The second kappa shape index (κ2) is 6.55. The molecule has 2 rings (SSSR count). The Bertz CT molecular complexity index is 341. The van der Waals surface area contributed by atoms with E-state index in [2.05, 4.69) is 4.90 Å². The first-order chi connectivity index (χ1) is 8.36. The van der Waals surface area contributed by atoms with Crippen molar-refractivity contribution in [1.29, 1.82) is 0 Å². The lowest BCUT2D eigenvalue weighted by molar-refractivity contribution is 0.0978. The molecule has 1 aliphatic heterocycles. The van der Waals surface area contributed by atoms with Crippen LogP contribution in [0.15, 0.2) is 30.3 Å². The molecule has 0 bridgehead atoms. The highest BCUT2D eigenvalue weighted by Gasteiger charge is 2.11. The fourth-order valence-corrected chi connectivity index (χ4v) is 2.40. The minimum Gasteiger partial charge on any atom is -0.303 e. The Labute approximate surface area is 104 Å². The molecule has 2 nitrogen and oxygen atoms in total. The van der Waals surface area contributed by atoms with Crippen LogP contribution in [0, 0.1) is 0 Å². The van der Waals surface area contributed by atoms with Crippen molar-refractivity contribution in [3.8, 4) is 0 Å².